The Kier molecular flexibility index (Phi) is 24.8. The van der Waals surface area contributed by atoms with Crippen molar-refractivity contribution in [2.45, 2.75) is 154 Å². The Balaban J connectivity index is 4.16. The number of carbonyl (C=O) groups is 1. The number of hydrogen-bond acceptors (Lipinski definition) is 5. The first-order valence-corrected chi connectivity index (χ1v) is 14.4. The van der Waals surface area contributed by atoms with Crippen LogP contribution in [0.3, 0.4) is 0 Å². The standard InChI is InChI=1S/C28H56FNO4/c1-3-5-7-9-11-13-15-17-20-26(31)24-30(23-19-22-28(33)34-29)25-27(32)21-18-16-14-12-10-8-6-4-2/h26-27,31-32H,3-25H2,1-2H3. The van der Waals surface area contributed by atoms with Gasteiger partial charge in [-0.15, -0.1) is 0 Å². The second kappa shape index (κ2) is 25.4. The van der Waals surface area contributed by atoms with Crippen LogP contribution in [0.2, 0.25) is 0 Å². The Labute approximate surface area is 209 Å². The molecule has 34 heavy (non-hydrogen) atoms. The smallest absolute Gasteiger partial charge is 0.348 e. The van der Waals surface area contributed by atoms with Crippen LogP contribution >= 0.6 is 0 Å². The third kappa shape index (κ3) is 23.0. The van der Waals surface area contributed by atoms with Crippen molar-refractivity contribution in [1.29, 1.82) is 0 Å². The van der Waals surface area contributed by atoms with Crippen molar-refractivity contribution in [3.8, 4) is 0 Å². The molecule has 6 heteroatoms. The van der Waals surface area contributed by atoms with Gasteiger partial charge in [-0.2, -0.15) is 0 Å². The van der Waals surface area contributed by atoms with Gasteiger partial charge in [0.25, 0.3) is 0 Å². The Bertz CT molecular complexity index is 411. The quantitative estimate of drug-likeness (QED) is 0.125. The summed E-state index contributed by atoms with van der Waals surface area (Å²) in [5.74, 6) is -0.862. The van der Waals surface area contributed by atoms with Gasteiger partial charge in [-0.05, 0) is 25.8 Å². The summed E-state index contributed by atoms with van der Waals surface area (Å²) in [4.78, 5) is 16.4. The van der Waals surface area contributed by atoms with Gasteiger partial charge in [0.1, 0.15) is 0 Å². The summed E-state index contributed by atoms with van der Waals surface area (Å²) in [7, 11) is 0. The van der Waals surface area contributed by atoms with E-state index >= 15 is 0 Å². The van der Waals surface area contributed by atoms with E-state index in [-0.39, 0.29) is 6.42 Å². The highest BCUT2D eigenvalue weighted by atomic mass is 19.3. The molecule has 0 aromatic carbocycles. The van der Waals surface area contributed by atoms with Crippen LogP contribution in [0.25, 0.3) is 0 Å². The fourth-order valence-corrected chi connectivity index (χ4v) is 4.55. The van der Waals surface area contributed by atoms with E-state index in [0.717, 1.165) is 38.5 Å². The first-order valence-electron chi connectivity index (χ1n) is 14.4. The SMILES string of the molecule is CCCCCCCCCCC(O)CN(CCCC(=O)OF)CC(O)CCCCCCCCCC. The number of rotatable bonds is 26. The Hall–Kier alpha value is -0.720. The second-order valence-electron chi connectivity index (χ2n) is 10.1. The summed E-state index contributed by atoms with van der Waals surface area (Å²) < 4.78 is 12.0. The summed E-state index contributed by atoms with van der Waals surface area (Å²) in [6.45, 7) is 5.96. The fraction of sp³-hybridized carbons (Fsp3) is 0.964. The van der Waals surface area contributed by atoms with E-state index in [1.54, 1.807) is 0 Å². The normalized spacial score (nSPS) is 13.4. The molecule has 0 spiro atoms. The number of halogens is 1. The Morgan fingerprint density at radius 3 is 1.44 bits per heavy atom. The minimum atomic E-state index is -0.862. The van der Waals surface area contributed by atoms with Gasteiger partial charge in [0.05, 0.1) is 18.6 Å². The van der Waals surface area contributed by atoms with Gasteiger partial charge < -0.3 is 10.2 Å². The molecule has 204 valence electrons. The predicted octanol–water partition coefficient (Wildman–Crippen LogP) is 7.28. The lowest BCUT2D eigenvalue weighted by Crippen LogP contribution is -2.39. The molecule has 0 bridgehead atoms. The molecule has 0 saturated carbocycles. The van der Waals surface area contributed by atoms with E-state index in [4.69, 9.17) is 0 Å². The van der Waals surface area contributed by atoms with Crippen molar-refractivity contribution in [3.63, 3.8) is 0 Å². The van der Waals surface area contributed by atoms with Crippen LogP contribution in [0.5, 0.6) is 0 Å². The highest BCUT2D eigenvalue weighted by Crippen LogP contribution is 2.14. The average Bonchev–Trinajstić information content (AvgIpc) is 2.82. The fourth-order valence-electron chi connectivity index (χ4n) is 4.55. The molecule has 0 aliphatic carbocycles. The van der Waals surface area contributed by atoms with Crippen LogP contribution in [-0.4, -0.2) is 52.9 Å². The van der Waals surface area contributed by atoms with E-state index in [0.29, 0.717) is 26.1 Å². The Morgan fingerprint density at radius 2 is 1.06 bits per heavy atom. The number of unbranched alkanes of at least 4 members (excludes halogenated alkanes) is 14. The van der Waals surface area contributed by atoms with Crippen molar-refractivity contribution in [1.82, 2.24) is 4.90 Å². The number of aliphatic hydroxyl groups excluding tert-OH is 2. The van der Waals surface area contributed by atoms with E-state index in [1.165, 1.54) is 77.0 Å². The molecule has 2 atom stereocenters. The van der Waals surface area contributed by atoms with Crippen LogP contribution in [0.1, 0.15) is 142 Å². The number of carbonyl (C=O) groups excluding carboxylic acids is 1. The zero-order valence-corrected chi connectivity index (χ0v) is 22.5. The predicted molar refractivity (Wildman–Crippen MR) is 139 cm³/mol. The number of nitrogens with zero attached hydrogens (tertiary/aromatic N) is 1. The topological polar surface area (TPSA) is 70.0 Å². The minimum absolute atomic E-state index is 0.00918. The van der Waals surface area contributed by atoms with Crippen LogP contribution in [0.4, 0.5) is 4.53 Å². The first kappa shape index (κ1) is 33.3. The molecule has 0 aromatic heterocycles. The van der Waals surface area contributed by atoms with Crippen molar-refractivity contribution < 1.29 is 24.5 Å². The first-order chi connectivity index (χ1) is 16.5. The van der Waals surface area contributed by atoms with Crippen LogP contribution in [0.15, 0.2) is 0 Å². The lowest BCUT2D eigenvalue weighted by atomic mass is 10.0. The van der Waals surface area contributed by atoms with Crippen LogP contribution in [0, 0.1) is 0 Å². The van der Waals surface area contributed by atoms with Crippen molar-refractivity contribution in [3.05, 3.63) is 0 Å². The number of aliphatic hydroxyl groups is 2. The maximum atomic E-state index is 12.0. The molecule has 0 aliphatic rings. The molecular formula is C28H56FNO4. The summed E-state index contributed by atoms with van der Waals surface area (Å²) in [6, 6.07) is 0. The van der Waals surface area contributed by atoms with Gasteiger partial charge in [0.15, 0.2) is 0 Å². The molecule has 0 aromatic rings. The monoisotopic (exact) mass is 489 g/mol. The molecule has 0 aliphatic heterocycles. The maximum absolute atomic E-state index is 12.0. The zero-order valence-electron chi connectivity index (χ0n) is 22.5. The molecular weight excluding hydrogens is 433 g/mol. The number of hydrogen-bond donors (Lipinski definition) is 2. The largest absolute Gasteiger partial charge is 0.392 e. The third-order valence-electron chi connectivity index (χ3n) is 6.66. The van der Waals surface area contributed by atoms with Gasteiger partial charge in [0, 0.05) is 17.6 Å². The molecule has 0 amide bonds. The minimum Gasteiger partial charge on any atom is -0.392 e. The van der Waals surface area contributed by atoms with E-state index in [9.17, 15) is 19.5 Å². The highest BCUT2D eigenvalue weighted by molar-refractivity contribution is 5.68. The maximum Gasteiger partial charge on any atom is 0.348 e. The molecule has 0 rings (SSSR count). The van der Waals surface area contributed by atoms with E-state index in [2.05, 4.69) is 18.8 Å². The molecule has 5 nitrogen and oxygen atoms in total. The van der Waals surface area contributed by atoms with Gasteiger partial charge in [0.2, 0.25) is 0 Å². The molecule has 2 N–H and O–H groups in total. The van der Waals surface area contributed by atoms with Crippen molar-refractivity contribution >= 4 is 5.97 Å². The van der Waals surface area contributed by atoms with E-state index in [1.807, 2.05) is 4.90 Å². The van der Waals surface area contributed by atoms with Crippen LogP contribution < -0.4 is 0 Å². The zero-order chi connectivity index (χ0) is 25.3. The van der Waals surface area contributed by atoms with Crippen LogP contribution in [-0.2, 0) is 9.74 Å². The second-order valence-corrected chi connectivity index (χ2v) is 10.1. The molecule has 0 radical (unpaired) electrons. The lowest BCUT2D eigenvalue weighted by Gasteiger charge is -2.27. The lowest BCUT2D eigenvalue weighted by molar-refractivity contribution is -0.183. The van der Waals surface area contributed by atoms with Gasteiger partial charge in [-0.25, -0.2) is 4.79 Å². The summed E-state index contributed by atoms with van der Waals surface area (Å²) in [5.41, 5.74) is 0. The highest BCUT2D eigenvalue weighted by Gasteiger charge is 2.16. The van der Waals surface area contributed by atoms with E-state index < -0.39 is 18.2 Å². The summed E-state index contributed by atoms with van der Waals surface area (Å²) in [6.07, 6.45) is 20.9. The summed E-state index contributed by atoms with van der Waals surface area (Å²) >= 11 is 0. The average molecular weight is 490 g/mol. The summed E-state index contributed by atoms with van der Waals surface area (Å²) in [5, 5.41) is 21.0. The molecule has 0 fully saturated rings. The molecule has 0 saturated heterocycles. The van der Waals surface area contributed by atoms with Gasteiger partial charge in [-0.1, -0.05) is 117 Å². The Morgan fingerprint density at radius 1 is 0.676 bits per heavy atom. The van der Waals surface area contributed by atoms with Crippen molar-refractivity contribution in [2.75, 3.05) is 19.6 Å². The van der Waals surface area contributed by atoms with Gasteiger partial charge >= 0.3 is 5.97 Å². The molecule has 0 heterocycles. The third-order valence-corrected chi connectivity index (χ3v) is 6.66. The van der Waals surface area contributed by atoms with Crippen molar-refractivity contribution in [2.24, 2.45) is 0 Å². The van der Waals surface area contributed by atoms with Gasteiger partial charge in [-0.3, -0.25) is 9.84 Å². The molecule has 2 unspecified atom stereocenters.